The lowest BCUT2D eigenvalue weighted by Crippen LogP contribution is -2.20. The van der Waals surface area contributed by atoms with E-state index < -0.39 is 0 Å². The highest BCUT2D eigenvalue weighted by Gasteiger charge is 2.12. The van der Waals surface area contributed by atoms with Gasteiger partial charge in [0, 0.05) is 26.2 Å². The quantitative estimate of drug-likeness (QED) is 0.836. The summed E-state index contributed by atoms with van der Waals surface area (Å²) in [7, 11) is 1.91. The number of nitrogens with one attached hydrogen (secondary N) is 1. The van der Waals surface area contributed by atoms with Crippen LogP contribution in [0.25, 0.3) is 0 Å². The van der Waals surface area contributed by atoms with Gasteiger partial charge in [0.15, 0.2) is 5.82 Å². The van der Waals surface area contributed by atoms with Crippen molar-refractivity contribution in [3.05, 3.63) is 24.0 Å². The summed E-state index contributed by atoms with van der Waals surface area (Å²) >= 11 is 0. The van der Waals surface area contributed by atoms with E-state index in [4.69, 9.17) is 4.52 Å². The van der Waals surface area contributed by atoms with E-state index in [9.17, 15) is 0 Å². The molecule has 1 N–H and O–H groups in total. The Hall–Kier alpha value is -2.18. The summed E-state index contributed by atoms with van der Waals surface area (Å²) in [5, 5.41) is 7.16. The standard InChI is InChI=1S/C14H22N6O/c1-5-15-11-6-7-16-14(18-11)20(4)9-12-17-13(21-19-12)8-10(2)3/h6-7,10H,5,8-9H2,1-4H3,(H,15,16,18). The number of hydrogen-bond donors (Lipinski definition) is 1. The molecular formula is C14H22N6O. The zero-order valence-electron chi connectivity index (χ0n) is 13.0. The van der Waals surface area contributed by atoms with Crippen molar-refractivity contribution in [2.75, 3.05) is 23.8 Å². The average molecular weight is 290 g/mol. The van der Waals surface area contributed by atoms with Gasteiger partial charge in [-0.15, -0.1) is 0 Å². The van der Waals surface area contributed by atoms with Gasteiger partial charge in [0.25, 0.3) is 0 Å². The van der Waals surface area contributed by atoms with E-state index in [1.807, 2.05) is 24.9 Å². The number of nitrogens with zero attached hydrogens (tertiary/aromatic N) is 5. The minimum Gasteiger partial charge on any atom is -0.370 e. The summed E-state index contributed by atoms with van der Waals surface area (Å²) in [4.78, 5) is 15.0. The third kappa shape index (κ3) is 4.40. The molecule has 0 fully saturated rings. The fourth-order valence-electron chi connectivity index (χ4n) is 1.88. The molecule has 2 heterocycles. The predicted molar refractivity (Wildman–Crippen MR) is 81.1 cm³/mol. The molecule has 0 bridgehead atoms. The molecule has 0 aliphatic carbocycles. The van der Waals surface area contributed by atoms with Crippen LogP contribution in [0.2, 0.25) is 0 Å². The van der Waals surface area contributed by atoms with Gasteiger partial charge in [0.2, 0.25) is 11.8 Å². The van der Waals surface area contributed by atoms with Crippen LogP contribution in [0.1, 0.15) is 32.5 Å². The molecule has 0 saturated heterocycles. The summed E-state index contributed by atoms with van der Waals surface area (Å²) in [6.45, 7) is 7.61. The fraction of sp³-hybridized carbons (Fsp3) is 0.571. The summed E-state index contributed by atoms with van der Waals surface area (Å²) in [5.74, 6) is 3.25. The molecule has 7 heteroatoms. The molecule has 0 spiro atoms. The molecule has 0 radical (unpaired) electrons. The molecule has 2 rings (SSSR count). The van der Waals surface area contributed by atoms with Gasteiger partial charge in [-0.25, -0.2) is 4.98 Å². The van der Waals surface area contributed by atoms with E-state index in [0.717, 1.165) is 18.8 Å². The highest BCUT2D eigenvalue weighted by atomic mass is 16.5. The van der Waals surface area contributed by atoms with Gasteiger partial charge < -0.3 is 14.7 Å². The van der Waals surface area contributed by atoms with E-state index in [1.54, 1.807) is 6.20 Å². The number of rotatable bonds is 7. The van der Waals surface area contributed by atoms with Crippen LogP contribution in [-0.4, -0.2) is 33.7 Å². The molecule has 0 amide bonds. The highest BCUT2D eigenvalue weighted by molar-refractivity contribution is 5.40. The topological polar surface area (TPSA) is 80.0 Å². The third-order valence-corrected chi connectivity index (χ3v) is 2.81. The van der Waals surface area contributed by atoms with Crippen LogP contribution in [0, 0.1) is 5.92 Å². The van der Waals surface area contributed by atoms with E-state index >= 15 is 0 Å². The molecule has 21 heavy (non-hydrogen) atoms. The van der Waals surface area contributed by atoms with Crippen molar-refractivity contribution >= 4 is 11.8 Å². The number of anilines is 2. The van der Waals surface area contributed by atoms with E-state index in [-0.39, 0.29) is 0 Å². The molecule has 7 nitrogen and oxygen atoms in total. The molecule has 0 atom stereocenters. The van der Waals surface area contributed by atoms with E-state index in [2.05, 4.69) is 39.3 Å². The number of aromatic nitrogens is 4. The third-order valence-electron chi connectivity index (χ3n) is 2.81. The van der Waals surface area contributed by atoms with Crippen molar-refractivity contribution in [3.63, 3.8) is 0 Å². The highest BCUT2D eigenvalue weighted by Crippen LogP contribution is 2.12. The van der Waals surface area contributed by atoms with Crippen molar-refractivity contribution in [2.45, 2.75) is 33.7 Å². The normalized spacial score (nSPS) is 10.9. The second-order valence-corrected chi connectivity index (χ2v) is 5.33. The molecule has 0 saturated carbocycles. The van der Waals surface area contributed by atoms with Crippen LogP contribution < -0.4 is 10.2 Å². The Morgan fingerprint density at radius 2 is 2.14 bits per heavy atom. The molecule has 0 aliphatic rings. The lowest BCUT2D eigenvalue weighted by Gasteiger charge is -2.15. The first-order valence-corrected chi connectivity index (χ1v) is 7.18. The van der Waals surface area contributed by atoms with Crippen LogP contribution in [0.3, 0.4) is 0 Å². The van der Waals surface area contributed by atoms with Gasteiger partial charge in [-0.2, -0.15) is 9.97 Å². The first-order valence-electron chi connectivity index (χ1n) is 7.18. The summed E-state index contributed by atoms with van der Waals surface area (Å²) in [5.41, 5.74) is 0. The Morgan fingerprint density at radius 1 is 1.33 bits per heavy atom. The van der Waals surface area contributed by atoms with Gasteiger partial charge in [-0.3, -0.25) is 0 Å². The lowest BCUT2D eigenvalue weighted by atomic mass is 10.1. The van der Waals surface area contributed by atoms with Gasteiger partial charge in [0.1, 0.15) is 5.82 Å². The van der Waals surface area contributed by atoms with Crippen molar-refractivity contribution in [2.24, 2.45) is 5.92 Å². The van der Waals surface area contributed by atoms with Crippen molar-refractivity contribution in [1.29, 1.82) is 0 Å². The lowest BCUT2D eigenvalue weighted by molar-refractivity contribution is 0.358. The van der Waals surface area contributed by atoms with Crippen LogP contribution in [0.15, 0.2) is 16.8 Å². The Balaban J connectivity index is 2.01. The van der Waals surface area contributed by atoms with Crippen LogP contribution in [0.5, 0.6) is 0 Å². The summed E-state index contributed by atoms with van der Waals surface area (Å²) in [6.07, 6.45) is 2.53. The average Bonchev–Trinajstić information content (AvgIpc) is 2.86. The Bertz CT molecular complexity index is 568. The van der Waals surface area contributed by atoms with Gasteiger partial charge in [0.05, 0.1) is 6.54 Å². The molecular weight excluding hydrogens is 268 g/mol. The zero-order chi connectivity index (χ0) is 15.2. The number of hydrogen-bond acceptors (Lipinski definition) is 7. The minimum absolute atomic E-state index is 0.496. The maximum Gasteiger partial charge on any atom is 0.227 e. The smallest absolute Gasteiger partial charge is 0.227 e. The molecule has 0 aliphatic heterocycles. The first kappa shape index (κ1) is 15.2. The fourth-order valence-corrected chi connectivity index (χ4v) is 1.88. The Labute approximate surface area is 124 Å². The molecule has 2 aromatic heterocycles. The first-order chi connectivity index (χ1) is 10.1. The Kier molecular flexibility index (Phi) is 5.08. The summed E-state index contributed by atoms with van der Waals surface area (Å²) in [6, 6.07) is 1.84. The van der Waals surface area contributed by atoms with Crippen molar-refractivity contribution in [3.8, 4) is 0 Å². The largest absolute Gasteiger partial charge is 0.370 e. The minimum atomic E-state index is 0.496. The van der Waals surface area contributed by atoms with Gasteiger partial charge in [-0.1, -0.05) is 19.0 Å². The molecule has 114 valence electrons. The van der Waals surface area contributed by atoms with Crippen LogP contribution in [-0.2, 0) is 13.0 Å². The SMILES string of the molecule is CCNc1ccnc(N(C)Cc2noc(CC(C)C)n2)n1. The Morgan fingerprint density at radius 3 is 2.86 bits per heavy atom. The zero-order valence-corrected chi connectivity index (χ0v) is 13.0. The van der Waals surface area contributed by atoms with E-state index in [0.29, 0.717) is 30.1 Å². The van der Waals surface area contributed by atoms with Gasteiger partial charge in [-0.05, 0) is 18.9 Å². The van der Waals surface area contributed by atoms with Crippen molar-refractivity contribution < 1.29 is 4.52 Å². The monoisotopic (exact) mass is 290 g/mol. The van der Waals surface area contributed by atoms with Gasteiger partial charge >= 0.3 is 0 Å². The van der Waals surface area contributed by atoms with Crippen molar-refractivity contribution in [1.82, 2.24) is 20.1 Å². The molecule has 0 aromatic carbocycles. The molecule has 0 unspecified atom stereocenters. The van der Waals surface area contributed by atoms with Crippen LogP contribution in [0.4, 0.5) is 11.8 Å². The molecule has 2 aromatic rings. The summed E-state index contributed by atoms with van der Waals surface area (Å²) < 4.78 is 5.23. The van der Waals surface area contributed by atoms with E-state index in [1.165, 1.54) is 0 Å². The second kappa shape index (κ2) is 7.01. The van der Waals surface area contributed by atoms with Crippen LogP contribution >= 0.6 is 0 Å². The predicted octanol–water partition coefficient (Wildman–Crippen LogP) is 2.13. The maximum atomic E-state index is 5.23. The maximum absolute atomic E-state index is 5.23. The second-order valence-electron chi connectivity index (χ2n) is 5.33.